The van der Waals surface area contributed by atoms with Crippen LogP contribution in [0.1, 0.15) is 46.9 Å². The van der Waals surface area contributed by atoms with Gasteiger partial charge in [-0.25, -0.2) is 9.37 Å². The molecule has 2 aromatic rings. The number of aryl methyl sites for hydroxylation is 2. The fraction of sp³-hybridized carbons (Fsp3) is 0.524. The summed E-state index contributed by atoms with van der Waals surface area (Å²) in [5.74, 6) is 1.09. The number of amides is 1. The zero-order chi connectivity index (χ0) is 19.4. The first kappa shape index (κ1) is 19.5. The minimum absolute atomic E-state index is 0.0818. The molecule has 2 heterocycles. The molecule has 146 valence electrons. The Bertz CT molecular complexity index is 778. The van der Waals surface area contributed by atoms with Crippen molar-refractivity contribution in [3.8, 4) is 0 Å². The molecule has 0 bridgehead atoms. The van der Waals surface area contributed by atoms with E-state index >= 15 is 0 Å². The molecular formula is C21H29FN4O. The number of carbonyl (C=O) groups excluding carboxylic acids is 1. The van der Waals surface area contributed by atoms with Crippen molar-refractivity contribution in [3.05, 3.63) is 53.4 Å². The SMILES string of the molecule is Cc1ccc(C(=O)N2CCC(c3nccn3CCCN(C)C)CC2)cc1F. The van der Waals surface area contributed by atoms with Gasteiger partial charge in [0.05, 0.1) is 0 Å². The number of nitrogens with zero attached hydrogens (tertiary/aromatic N) is 4. The molecule has 0 unspecified atom stereocenters. The van der Waals surface area contributed by atoms with E-state index in [0.717, 1.165) is 38.2 Å². The standard InChI is InChI=1S/C21H29FN4O/c1-16-5-6-18(15-19(16)22)21(27)26-12-7-17(8-13-26)20-23-9-14-25(20)11-4-10-24(2)3/h5-6,9,14-15,17H,4,7-8,10-13H2,1-3H3. The largest absolute Gasteiger partial charge is 0.339 e. The Morgan fingerprint density at radius 2 is 2.04 bits per heavy atom. The Hall–Kier alpha value is -2.21. The number of hydrogen-bond donors (Lipinski definition) is 0. The Morgan fingerprint density at radius 3 is 2.70 bits per heavy atom. The maximum atomic E-state index is 13.8. The number of imidazole rings is 1. The number of carbonyl (C=O) groups is 1. The van der Waals surface area contributed by atoms with Crippen molar-refractivity contribution in [2.75, 3.05) is 33.7 Å². The molecule has 5 nitrogen and oxygen atoms in total. The summed E-state index contributed by atoms with van der Waals surface area (Å²) in [5.41, 5.74) is 0.994. The second-order valence-electron chi connectivity index (χ2n) is 7.67. The van der Waals surface area contributed by atoms with Crippen LogP contribution in [-0.4, -0.2) is 59.0 Å². The van der Waals surface area contributed by atoms with Crippen molar-refractivity contribution < 1.29 is 9.18 Å². The number of likely N-dealkylation sites (tertiary alicyclic amines) is 1. The van der Waals surface area contributed by atoms with E-state index in [4.69, 9.17) is 0 Å². The molecule has 0 atom stereocenters. The van der Waals surface area contributed by atoms with E-state index in [-0.39, 0.29) is 11.7 Å². The number of hydrogen-bond acceptors (Lipinski definition) is 3. The second kappa shape index (κ2) is 8.65. The van der Waals surface area contributed by atoms with E-state index < -0.39 is 0 Å². The lowest BCUT2D eigenvalue weighted by Crippen LogP contribution is -2.38. The van der Waals surface area contributed by atoms with Crippen molar-refractivity contribution in [1.29, 1.82) is 0 Å². The van der Waals surface area contributed by atoms with Crippen LogP contribution >= 0.6 is 0 Å². The predicted octanol–water partition coefficient (Wildman–Crippen LogP) is 3.30. The zero-order valence-corrected chi connectivity index (χ0v) is 16.5. The molecule has 1 amide bonds. The highest BCUT2D eigenvalue weighted by atomic mass is 19.1. The van der Waals surface area contributed by atoms with Gasteiger partial charge in [-0.1, -0.05) is 6.07 Å². The van der Waals surface area contributed by atoms with Crippen LogP contribution in [0.4, 0.5) is 4.39 Å². The molecule has 0 saturated carbocycles. The van der Waals surface area contributed by atoms with Gasteiger partial charge in [0.2, 0.25) is 0 Å². The maximum absolute atomic E-state index is 13.8. The van der Waals surface area contributed by atoms with Gasteiger partial charge in [-0.15, -0.1) is 0 Å². The first-order valence-electron chi connectivity index (χ1n) is 9.67. The van der Waals surface area contributed by atoms with Gasteiger partial charge in [-0.3, -0.25) is 4.79 Å². The molecule has 0 radical (unpaired) electrons. The normalized spacial score (nSPS) is 15.5. The number of aromatic nitrogens is 2. The summed E-state index contributed by atoms with van der Waals surface area (Å²) in [6.45, 7) is 5.09. The fourth-order valence-electron chi connectivity index (χ4n) is 3.68. The van der Waals surface area contributed by atoms with Crippen molar-refractivity contribution in [1.82, 2.24) is 19.4 Å². The molecule has 6 heteroatoms. The van der Waals surface area contributed by atoms with E-state index in [0.29, 0.717) is 30.1 Å². The molecule has 0 aliphatic carbocycles. The van der Waals surface area contributed by atoms with Gasteiger partial charge in [0.25, 0.3) is 5.91 Å². The topological polar surface area (TPSA) is 41.4 Å². The number of rotatable bonds is 6. The summed E-state index contributed by atoms with van der Waals surface area (Å²) in [6.07, 6.45) is 6.80. The van der Waals surface area contributed by atoms with E-state index in [1.54, 1.807) is 19.1 Å². The molecule has 3 rings (SSSR count). The lowest BCUT2D eigenvalue weighted by Gasteiger charge is -2.32. The summed E-state index contributed by atoms with van der Waals surface area (Å²) in [4.78, 5) is 21.3. The number of benzene rings is 1. The lowest BCUT2D eigenvalue weighted by molar-refractivity contribution is 0.0709. The van der Waals surface area contributed by atoms with Crippen LogP contribution < -0.4 is 0 Å². The zero-order valence-electron chi connectivity index (χ0n) is 16.5. The van der Waals surface area contributed by atoms with Crippen molar-refractivity contribution in [2.45, 2.75) is 38.6 Å². The van der Waals surface area contributed by atoms with Gasteiger partial charge in [-0.2, -0.15) is 0 Å². The minimum atomic E-state index is -0.324. The van der Waals surface area contributed by atoms with Crippen LogP contribution in [-0.2, 0) is 6.54 Å². The molecular weight excluding hydrogens is 343 g/mol. The summed E-state index contributed by atoms with van der Waals surface area (Å²) in [5, 5.41) is 0. The Balaban J connectivity index is 1.58. The van der Waals surface area contributed by atoms with Crippen molar-refractivity contribution in [3.63, 3.8) is 0 Å². The van der Waals surface area contributed by atoms with Gasteiger partial charge in [-0.05, 0) is 64.5 Å². The third-order valence-electron chi connectivity index (χ3n) is 5.32. The van der Waals surface area contributed by atoms with E-state index in [1.807, 2.05) is 11.1 Å². The average molecular weight is 372 g/mol. The van der Waals surface area contributed by atoms with Crippen LogP contribution in [0.2, 0.25) is 0 Å². The van der Waals surface area contributed by atoms with E-state index in [1.165, 1.54) is 6.07 Å². The predicted molar refractivity (Wildman–Crippen MR) is 104 cm³/mol. The van der Waals surface area contributed by atoms with Crippen LogP contribution in [0.3, 0.4) is 0 Å². The minimum Gasteiger partial charge on any atom is -0.339 e. The molecule has 1 aliphatic heterocycles. The highest BCUT2D eigenvalue weighted by Gasteiger charge is 2.27. The highest BCUT2D eigenvalue weighted by molar-refractivity contribution is 5.94. The highest BCUT2D eigenvalue weighted by Crippen LogP contribution is 2.28. The molecule has 0 spiro atoms. The lowest BCUT2D eigenvalue weighted by atomic mass is 9.95. The summed E-state index contributed by atoms with van der Waals surface area (Å²) in [6, 6.07) is 4.73. The molecule has 1 fully saturated rings. The summed E-state index contributed by atoms with van der Waals surface area (Å²) >= 11 is 0. The van der Waals surface area contributed by atoms with Crippen LogP contribution in [0.5, 0.6) is 0 Å². The molecule has 1 saturated heterocycles. The third kappa shape index (κ3) is 4.75. The van der Waals surface area contributed by atoms with E-state index in [9.17, 15) is 9.18 Å². The number of halogens is 1. The van der Waals surface area contributed by atoms with Gasteiger partial charge >= 0.3 is 0 Å². The van der Waals surface area contributed by atoms with Gasteiger partial charge in [0.1, 0.15) is 11.6 Å². The van der Waals surface area contributed by atoms with Crippen molar-refractivity contribution >= 4 is 5.91 Å². The first-order chi connectivity index (χ1) is 13.0. The smallest absolute Gasteiger partial charge is 0.253 e. The van der Waals surface area contributed by atoms with Crippen LogP contribution in [0.15, 0.2) is 30.6 Å². The van der Waals surface area contributed by atoms with Gasteiger partial charge in [0, 0.05) is 43.5 Å². The Kier molecular flexibility index (Phi) is 6.26. The molecule has 27 heavy (non-hydrogen) atoms. The van der Waals surface area contributed by atoms with Crippen molar-refractivity contribution in [2.24, 2.45) is 0 Å². The van der Waals surface area contributed by atoms with E-state index in [2.05, 4.69) is 34.7 Å². The Morgan fingerprint density at radius 1 is 1.30 bits per heavy atom. The van der Waals surface area contributed by atoms with Crippen LogP contribution in [0.25, 0.3) is 0 Å². The monoisotopic (exact) mass is 372 g/mol. The summed E-state index contributed by atoms with van der Waals surface area (Å²) < 4.78 is 16.0. The Labute approximate surface area is 160 Å². The quantitative estimate of drug-likeness (QED) is 0.781. The van der Waals surface area contributed by atoms with Gasteiger partial charge in [0.15, 0.2) is 0 Å². The first-order valence-corrected chi connectivity index (χ1v) is 9.67. The second-order valence-corrected chi connectivity index (χ2v) is 7.67. The number of piperidine rings is 1. The molecule has 1 aromatic heterocycles. The van der Waals surface area contributed by atoms with Crippen LogP contribution in [0, 0.1) is 12.7 Å². The average Bonchev–Trinajstić information content (AvgIpc) is 3.12. The van der Waals surface area contributed by atoms with Gasteiger partial charge < -0.3 is 14.4 Å². The summed E-state index contributed by atoms with van der Waals surface area (Å²) in [7, 11) is 4.17. The third-order valence-corrected chi connectivity index (χ3v) is 5.32. The molecule has 1 aromatic carbocycles. The fourth-order valence-corrected chi connectivity index (χ4v) is 3.68. The maximum Gasteiger partial charge on any atom is 0.253 e. The molecule has 1 aliphatic rings. The molecule has 0 N–H and O–H groups in total.